The van der Waals surface area contributed by atoms with Crippen molar-refractivity contribution in [2.45, 2.75) is 84.5 Å². The normalized spacial score (nSPS) is 24.6. The Morgan fingerprint density at radius 3 is 2.35 bits per heavy atom. The predicted molar refractivity (Wildman–Crippen MR) is 100 cm³/mol. The van der Waals surface area contributed by atoms with E-state index >= 15 is 0 Å². The van der Waals surface area contributed by atoms with E-state index in [0.29, 0.717) is 0 Å². The summed E-state index contributed by atoms with van der Waals surface area (Å²) in [5.74, 6) is 3.64. The lowest BCUT2D eigenvalue weighted by atomic mass is 9.71. The van der Waals surface area contributed by atoms with Gasteiger partial charge in [-0.05, 0) is 61.1 Å². The zero-order chi connectivity index (χ0) is 16.5. The molecule has 1 saturated carbocycles. The zero-order valence-electron chi connectivity index (χ0n) is 15.5. The van der Waals surface area contributed by atoms with E-state index in [9.17, 15) is 0 Å². The van der Waals surface area contributed by atoms with Gasteiger partial charge in [-0.2, -0.15) is 0 Å². The summed E-state index contributed by atoms with van der Waals surface area (Å²) in [4.78, 5) is 0. The van der Waals surface area contributed by atoms with Gasteiger partial charge in [-0.25, -0.2) is 0 Å². The Balaban J connectivity index is 1.81. The Hall–Kier alpha value is -0.980. The van der Waals surface area contributed by atoms with Gasteiger partial charge in [0.15, 0.2) is 0 Å². The smallest absolute Gasteiger partial charge is 0.119 e. The third kappa shape index (κ3) is 5.86. The maximum absolute atomic E-state index is 5.78. The highest BCUT2D eigenvalue weighted by molar-refractivity contribution is 5.29. The number of hydrogen-bond acceptors (Lipinski definition) is 1. The van der Waals surface area contributed by atoms with Crippen LogP contribution in [0.15, 0.2) is 24.3 Å². The van der Waals surface area contributed by atoms with Crippen molar-refractivity contribution in [1.29, 1.82) is 0 Å². The van der Waals surface area contributed by atoms with Crippen LogP contribution in [-0.2, 0) is 0 Å². The van der Waals surface area contributed by atoms with Crippen LogP contribution in [0.25, 0.3) is 0 Å². The molecule has 0 bridgehead atoms. The molecular formula is C22H36O. The maximum Gasteiger partial charge on any atom is 0.119 e. The van der Waals surface area contributed by atoms with Crippen LogP contribution in [0.1, 0.15) is 90.0 Å². The highest BCUT2D eigenvalue weighted by Gasteiger charge is 2.27. The van der Waals surface area contributed by atoms with Crippen molar-refractivity contribution in [1.82, 2.24) is 0 Å². The Morgan fingerprint density at radius 2 is 1.70 bits per heavy atom. The molecule has 0 radical (unpaired) electrons. The summed E-state index contributed by atoms with van der Waals surface area (Å²) >= 11 is 0. The topological polar surface area (TPSA) is 9.23 Å². The van der Waals surface area contributed by atoms with Gasteiger partial charge < -0.3 is 4.74 Å². The number of unbranched alkanes of at least 4 members (excludes halogenated alkanes) is 3. The molecule has 1 heteroatoms. The van der Waals surface area contributed by atoms with Crippen LogP contribution < -0.4 is 4.74 Å². The fourth-order valence-corrected chi connectivity index (χ4v) is 4.02. The minimum Gasteiger partial charge on any atom is -0.494 e. The van der Waals surface area contributed by atoms with E-state index in [4.69, 9.17) is 4.74 Å². The second kappa shape index (κ2) is 10.0. The quantitative estimate of drug-likeness (QED) is 0.447. The average molecular weight is 317 g/mol. The van der Waals surface area contributed by atoms with Gasteiger partial charge in [0.1, 0.15) is 5.75 Å². The highest BCUT2D eigenvalue weighted by atomic mass is 16.5. The Kier molecular flexibility index (Phi) is 7.99. The molecule has 0 amide bonds. The predicted octanol–water partition coefficient (Wildman–Crippen LogP) is 6.97. The molecular weight excluding hydrogens is 280 g/mol. The third-order valence-electron chi connectivity index (χ3n) is 5.64. The molecule has 23 heavy (non-hydrogen) atoms. The van der Waals surface area contributed by atoms with Crippen molar-refractivity contribution >= 4 is 0 Å². The molecule has 0 saturated heterocycles. The van der Waals surface area contributed by atoms with Gasteiger partial charge in [0.2, 0.25) is 0 Å². The molecule has 1 nitrogen and oxygen atoms in total. The van der Waals surface area contributed by atoms with Crippen LogP contribution in [0.5, 0.6) is 5.75 Å². The number of hydrogen-bond donors (Lipinski definition) is 0. The molecule has 0 N–H and O–H groups in total. The molecule has 1 fully saturated rings. The Morgan fingerprint density at radius 1 is 0.957 bits per heavy atom. The lowest BCUT2D eigenvalue weighted by Gasteiger charge is -2.34. The van der Waals surface area contributed by atoms with E-state index in [1.807, 2.05) is 0 Å². The average Bonchev–Trinajstić information content (AvgIpc) is 2.57. The molecule has 0 aliphatic heterocycles. The fraction of sp³-hybridized carbons (Fsp3) is 0.727. The lowest BCUT2D eigenvalue weighted by molar-refractivity contribution is 0.215. The molecule has 3 atom stereocenters. The van der Waals surface area contributed by atoms with Crippen LogP contribution in [0, 0.1) is 11.8 Å². The van der Waals surface area contributed by atoms with Gasteiger partial charge in [0.25, 0.3) is 0 Å². The molecule has 3 unspecified atom stereocenters. The fourth-order valence-electron chi connectivity index (χ4n) is 4.02. The monoisotopic (exact) mass is 316 g/mol. The summed E-state index contributed by atoms with van der Waals surface area (Å²) in [6.07, 6.45) is 12.1. The van der Waals surface area contributed by atoms with Gasteiger partial charge in [-0.3, -0.25) is 0 Å². The summed E-state index contributed by atoms with van der Waals surface area (Å²) in [6.45, 7) is 7.82. The summed E-state index contributed by atoms with van der Waals surface area (Å²) < 4.78 is 5.78. The summed E-state index contributed by atoms with van der Waals surface area (Å²) in [7, 11) is 0. The first kappa shape index (κ1) is 18.4. The molecule has 0 heterocycles. The van der Waals surface area contributed by atoms with Gasteiger partial charge in [-0.1, -0.05) is 65.0 Å². The van der Waals surface area contributed by atoms with E-state index in [1.54, 1.807) is 0 Å². The third-order valence-corrected chi connectivity index (χ3v) is 5.64. The van der Waals surface area contributed by atoms with E-state index in [0.717, 1.165) is 36.5 Å². The van der Waals surface area contributed by atoms with Crippen LogP contribution in [-0.4, -0.2) is 6.61 Å². The lowest BCUT2D eigenvalue weighted by Crippen LogP contribution is -2.22. The summed E-state index contributed by atoms with van der Waals surface area (Å²) in [5.41, 5.74) is 1.52. The number of benzene rings is 1. The van der Waals surface area contributed by atoms with Crippen molar-refractivity contribution in [3.8, 4) is 5.75 Å². The minimum atomic E-state index is 0.761. The molecule has 1 aliphatic carbocycles. The maximum atomic E-state index is 5.78. The van der Waals surface area contributed by atoms with E-state index in [2.05, 4.69) is 45.0 Å². The second-order valence-corrected chi connectivity index (χ2v) is 7.51. The minimum absolute atomic E-state index is 0.761. The van der Waals surface area contributed by atoms with Crippen LogP contribution in [0.2, 0.25) is 0 Å². The summed E-state index contributed by atoms with van der Waals surface area (Å²) in [6, 6.07) is 8.94. The van der Waals surface area contributed by atoms with Crippen LogP contribution in [0.4, 0.5) is 0 Å². The largest absolute Gasteiger partial charge is 0.494 e. The van der Waals surface area contributed by atoms with Crippen LogP contribution in [0.3, 0.4) is 0 Å². The standard InChI is InChI=1S/C22H36O/c1-4-6-8-9-19-10-11-21(17-18(19)3)20-12-14-22(15-13-20)23-16-7-5-2/h12-15,18-19,21H,4-11,16-17H2,1-3H3. The first-order valence-corrected chi connectivity index (χ1v) is 9.97. The van der Waals surface area contributed by atoms with Crippen molar-refractivity contribution in [2.24, 2.45) is 11.8 Å². The van der Waals surface area contributed by atoms with E-state index < -0.39 is 0 Å². The van der Waals surface area contributed by atoms with E-state index in [-0.39, 0.29) is 0 Å². The van der Waals surface area contributed by atoms with Crippen LogP contribution >= 0.6 is 0 Å². The highest BCUT2D eigenvalue weighted by Crippen LogP contribution is 2.41. The molecule has 0 spiro atoms. The first-order chi connectivity index (χ1) is 11.2. The molecule has 1 aliphatic rings. The second-order valence-electron chi connectivity index (χ2n) is 7.51. The van der Waals surface area contributed by atoms with E-state index in [1.165, 1.54) is 56.9 Å². The van der Waals surface area contributed by atoms with Crippen molar-refractivity contribution in [3.05, 3.63) is 29.8 Å². The van der Waals surface area contributed by atoms with Gasteiger partial charge in [-0.15, -0.1) is 0 Å². The number of ether oxygens (including phenoxy) is 1. The molecule has 2 rings (SSSR count). The first-order valence-electron chi connectivity index (χ1n) is 9.97. The molecule has 130 valence electrons. The molecule has 1 aromatic carbocycles. The molecule has 0 aromatic heterocycles. The van der Waals surface area contributed by atoms with Gasteiger partial charge in [0, 0.05) is 0 Å². The summed E-state index contributed by atoms with van der Waals surface area (Å²) in [5, 5.41) is 0. The number of rotatable bonds is 9. The van der Waals surface area contributed by atoms with Gasteiger partial charge >= 0.3 is 0 Å². The van der Waals surface area contributed by atoms with Gasteiger partial charge in [0.05, 0.1) is 6.61 Å². The van der Waals surface area contributed by atoms with Crippen molar-refractivity contribution in [2.75, 3.05) is 6.61 Å². The van der Waals surface area contributed by atoms with Crippen molar-refractivity contribution < 1.29 is 4.74 Å². The Bertz CT molecular complexity index is 422. The van der Waals surface area contributed by atoms with Crippen molar-refractivity contribution in [3.63, 3.8) is 0 Å². The zero-order valence-corrected chi connectivity index (χ0v) is 15.5. The molecule has 1 aromatic rings. The Labute approximate surface area is 143 Å². The SMILES string of the molecule is CCCCCC1CCC(c2ccc(OCCCC)cc2)CC1C.